The number of nitrogens with zero attached hydrogens (tertiary/aromatic N) is 5. The summed E-state index contributed by atoms with van der Waals surface area (Å²) >= 11 is -2.66. The van der Waals surface area contributed by atoms with E-state index in [1.54, 1.807) is 33.5 Å². The first-order valence-corrected chi connectivity index (χ1v) is 12.4. The summed E-state index contributed by atoms with van der Waals surface area (Å²) in [4.78, 5) is 16.0. The molecule has 1 unspecified atom stereocenters. The lowest BCUT2D eigenvalue weighted by Gasteiger charge is -2.32. The molecule has 11 nitrogen and oxygen atoms in total. The van der Waals surface area contributed by atoms with E-state index in [0.29, 0.717) is 70.6 Å². The second-order valence-corrected chi connectivity index (χ2v) is 8.92. The van der Waals surface area contributed by atoms with Crippen molar-refractivity contribution in [3.63, 3.8) is 0 Å². The maximum Gasteiger partial charge on any atom is 0.228 e. The van der Waals surface area contributed by atoms with Crippen molar-refractivity contribution >= 4 is 39.7 Å². The summed E-state index contributed by atoms with van der Waals surface area (Å²) in [5, 5.41) is 1.88. The predicted octanol–water partition coefficient (Wildman–Crippen LogP) is 3.02. The molecule has 3 heterocycles. The fourth-order valence-corrected chi connectivity index (χ4v) is 4.97. The average Bonchev–Trinajstić information content (AvgIpc) is 2.91. The summed E-state index contributed by atoms with van der Waals surface area (Å²) in [5.74, 6) is 1.78. The molecule has 5 rings (SSSR count). The van der Waals surface area contributed by atoms with Crippen LogP contribution < -0.4 is 25.2 Å². The number of aromatic nitrogens is 3. The van der Waals surface area contributed by atoms with Gasteiger partial charge in [-0.2, -0.15) is 9.27 Å². The molecule has 0 bridgehead atoms. The Labute approximate surface area is 216 Å². The second-order valence-electron chi connectivity index (χ2n) is 8.37. The zero-order valence-electron chi connectivity index (χ0n) is 20.5. The minimum Gasteiger partial charge on any atom is -0.748 e. The zero-order chi connectivity index (χ0) is 26.1. The molecule has 2 N–H and O–H groups in total. The van der Waals surface area contributed by atoms with Crippen LogP contribution in [0.5, 0.6) is 11.5 Å². The highest BCUT2D eigenvalue weighted by Crippen LogP contribution is 2.45. The van der Waals surface area contributed by atoms with Crippen molar-refractivity contribution in [3.05, 3.63) is 59.8 Å². The van der Waals surface area contributed by atoms with Crippen molar-refractivity contribution in [1.29, 1.82) is 0 Å². The van der Waals surface area contributed by atoms with Gasteiger partial charge in [-0.25, -0.2) is 14.3 Å². The van der Waals surface area contributed by atoms with E-state index < -0.39 is 11.4 Å². The fraction of sp³-hybridized carbons (Fsp3) is 0.240. The Kier molecular flexibility index (Phi) is 6.78. The molecular weight excluding hydrogens is 496 g/mol. The van der Waals surface area contributed by atoms with Crippen LogP contribution in [0.1, 0.15) is 11.1 Å². The number of rotatable bonds is 7. The zero-order valence-corrected chi connectivity index (χ0v) is 21.3. The molecule has 2 aromatic heterocycles. The number of benzene rings is 2. The van der Waals surface area contributed by atoms with Gasteiger partial charge in [0.1, 0.15) is 17.2 Å². The quantitative estimate of drug-likeness (QED) is 0.283. The monoisotopic (exact) mass is 521 g/mol. The molecule has 0 radical (unpaired) electrons. The van der Waals surface area contributed by atoms with Crippen LogP contribution in [0.25, 0.3) is 22.2 Å². The Bertz CT molecular complexity index is 1490. The SMILES string of the molecule is COc1cc2nc(N3CCc4c(cccc4N(C)OS(=O)[O-])C3)nc(N)c2c(-c2ccccn2)c1OC. The Morgan fingerprint density at radius 3 is 2.68 bits per heavy atom. The van der Waals surface area contributed by atoms with E-state index in [9.17, 15) is 8.76 Å². The number of ether oxygens (including phenoxy) is 2. The number of fused-ring (bicyclic) bond motifs is 2. The molecular formula is C25H25N6O5S-. The maximum atomic E-state index is 11.0. The minimum absolute atomic E-state index is 0.298. The van der Waals surface area contributed by atoms with E-state index in [-0.39, 0.29) is 0 Å². The number of methoxy groups -OCH3 is 2. The molecule has 1 aliphatic heterocycles. The molecule has 37 heavy (non-hydrogen) atoms. The molecule has 0 saturated carbocycles. The number of hydrogen-bond donors (Lipinski definition) is 1. The van der Waals surface area contributed by atoms with Gasteiger partial charge >= 0.3 is 0 Å². The van der Waals surface area contributed by atoms with Gasteiger partial charge in [0.15, 0.2) is 11.5 Å². The molecule has 1 aliphatic rings. The molecule has 4 aromatic rings. The van der Waals surface area contributed by atoms with Gasteiger partial charge in [0.2, 0.25) is 5.95 Å². The predicted molar refractivity (Wildman–Crippen MR) is 140 cm³/mol. The first-order valence-electron chi connectivity index (χ1n) is 11.4. The van der Waals surface area contributed by atoms with Gasteiger partial charge < -0.3 is 24.7 Å². The molecule has 0 spiro atoms. The standard InChI is InChI=1S/C25H26N6O5S/c1-30(36-37(32)33)19-9-6-7-15-14-31(12-10-16(15)19)25-28-18-13-20(34-2)23(35-3)21(22(18)24(26)29-25)17-8-4-5-11-27-17/h4-9,11,13H,10,12,14H2,1-3H3,(H,32,33)(H2,26,28,29)/p-1. The van der Waals surface area contributed by atoms with Gasteiger partial charge in [0, 0.05) is 32.4 Å². The lowest BCUT2D eigenvalue weighted by atomic mass is 9.98. The van der Waals surface area contributed by atoms with Gasteiger partial charge in [-0.1, -0.05) is 18.2 Å². The third-order valence-electron chi connectivity index (χ3n) is 6.30. The first-order chi connectivity index (χ1) is 17.9. The highest BCUT2D eigenvalue weighted by molar-refractivity contribution is 7.74. The number of hydroxylamine groups is 1. The molecule has 2 aromatic carbocycles. The Balaban J connectivity index is 1.57. The van der Waals surface area contributed by atoms with E-state index in [0.717, 1.165) is 11.1 Å². The fourth-order valence-electron chi connectivity index (χ4n) is 4.71. The number of nitrogens with two attached hydrogens (primary N) is 1. The van der Waals surface area contributed by atoms with Crippen LogP contribution in [0.2, 0.25) is 0 Å². The van der Waals surface area contributed by atoms with Gasteiger partial charge in [-0.15, -0.1) is 0 Å². The molecule has 0 amide bonds. The van der Waals surface area contributed by atoms with Crippen LogP contribution in [0.15, 0.2) is 48.7 Å². The molecule has 0 fully saturated rings. The Morgan fingerprint density at radius 2 is 1.97 bits per heavy atom. The maximum absolute atomic E-state index is 11.0. The van der Waals surface area contributed by atoms with Gasteiger partial charge in [-0.05, 0) is 35.7 Å². The van der Waals surface area contributed by atoms with Crippen LogP contribution >= 0.6 is 0 Å². The summed E-state index contributed by atoms with van der Waals surface area (Å²) in [7, 11) is 4.70. The van der Waals surface area contributed by atoms with Crippen molar-refractivity contribution in [1.82, 2.24) is 15.0 Å². The van der Waals surface area contributed by atoms with E-state index >= 15 is 0 Å². The highest BCUT2D eigenvalue weighted by Gasteiger charge is 2.26. The number of nitrogen functional groups attached to an aromatic ring is 1. The minimum atomic E-state index is -2.66. The average molecular weight is 522 g/mol. The lowest BCUT2D eigenvalue weighted by Crippen LogP contribution is -2.33. The summed E-state index contributed by atoms with van der Waals surface area (Å²) in [6, 6.07) is 13.0. The smallest absolute Gasteiger partial charge is 0.228 e. The summed E-state index contributed by atoms with van der Waals surface area (Å²) in [6.45, 7) is 1.12. The second kappa shape index (κ2) is 10.2. The van der Waals surface area contributed by atoms with Gasteiger partial charge in [0.25, 0.3) is 0 Å². The summed E-state index contributed by atoms with van der Waals surface area (Å²) in [6.07, 6.45) is 2.33. The van der Waals surface area contributed by atoms with Gasteiger partial charge in [0.05, 0.1) is 42.1 Å². The Morgan fingerprint density at radius 1 is 1.14 bits per heavy atom. The molecule has 192 valence electrons. The highest BCUT2D eigenvalue weighted by atomic mass is 32.2. The third-order valence-corrected chi connectivity index (χ3v) is 6.65. The van der Waals surface area contributed by atoms with E-state index in [1.807, 2.05) is 41.3 Å². The lowest BCUT2D eigenvalue weighted by molar-refractivity contribution is 0.288. The van der Waals surface area contributed by atoms with Crippen LogP contribution in [-0.4, -0.2) is 51.5 Å². The first kappa shape index (κ1) is 24.7. The van der Waals surface area contributed by atoms with E-state index in [4.69, 9.17) is 24.5 Å². The summed E-state index contributed by atoms with van der Waals surface area (Å²) < 4.78 is 38.1. The van der Waals surface area contributed by atoms with E-state index in [1.165, 1.54) is 5.06 Å². The normalized spacial score (nSPS) is 13.8. The van der Waals surface area contributed by atoms with Crippen molar-refractivity contribution in [2.24, 2.45) is 0 Å². The largest absolute Gasteiger partial charge is 0.748 e. The number of anilines is 3. The van der Waals surface area contributed by atoms with Crippen LogP contribution in [0.3, 0.4) is 0 Å². The van der Waals surface area contributed by atoms with Crippen LogP contribution in [0, 0.1) is 0 Å². The van der Waals surface area contributed by atoms with Crippen LogP contribution in [0.4, 0.5) is 17.5 Å². The Hall–Kier alpha value is -4.00. The molecule has 12 heteroatoms. The van der Waals surface area contributed by atoms with Crippen LogP contribution in [-0.2, 0) is 28.6 Å². The summed E-state index contributed by atoms with van der Waals surface area (Å²) in [5.41, 5.74) is 11.2. The van der Waals surface area contributed by atoms with Crippen molar-refractivity contribution in [2.45, 2.75) is 13.0 Å². The number of pyridine rings is 1. The molecule has 1 atom stereocenters. The number of hydrogen-bond acceptors (Lipinski definition) is 11. The third kappa shape index (κ3) is 4.61. The van der Waals surface area contributed by atoms with E-state index in [2.05, 4.69) is 9.97 Å². The van der Waals surface area contributed by atoms with Crippen molar-refractivity contribution in [2.75, 3.05) is 43.5 Å². The molecule has 0 saturated heterocycles. The van der Waals surface area contributed by atoms with Crippen molar-refractivity contribution in [3.8, 4) is 22.8 Å². The molecule has 0 aliphatic carbocycles. The van der Waals surface area contributed by atoms with Gasteiger partial charge in [-0.3, -0.25) is 4.98 Å². The topological polar surface area (TPSA) is 139 Å². The van der Waals surface area contributed by atoms with Crippen molar-refractivity contribution < 1.29 is 22.5 Å².